The molecule has 1 aliphatic heterocycles. The molecule has 9 heteroatoms. The maximum atomic E-state index is 14.2. The summed E-state index contributed by atoms with van der Waals surface area (Å²) in [6.45, 7) is 2.57. The number of halogens is 2. The van der Waals surface area contributed by atoms with E-state index < -0.39 is 33.1 Å². The topological polar surface area (TPSA) is 75.7 Å². The first-order valence-electron chi connectivity index (χ1n) is 8.24. The predicted molar refractivity (Wildman–Crippen MR) is 95.1 cm³/mol. The van der Waals surface area contributed by atoms with Gasteiger partial charge in [-0.2, -0.15) is 4.31 Å². The molecule has 3 rings (SSSR count). The quantitative estimate of drug-likeness (QED) is 0.862. The molecule has 2 aromatic carbocycles. The average molecular weight is 396 g/mol. The van der Waals surface area contributed by atoms with Gasteiger partial charge in [0.15, 0.2) is 0 Å². The number of hydrogen-bond donors (Lipinski definition) is 1. The van der Waals surface area contributed by atoms with Gasteiger partial charge in [-0.3, -0.25) is 4.79 Å². The van der Waals surface area contributed by atoms with Gasteiger partial charge in [0.05, 0.1) is 23.7 Å². The highest BCUT2D eigenvalue weighted by molar-refractivity contribution is 7.89. The van der Waals surface area contributed by atoms with Gasteiger partial charge in [-0.25, -0.2) is 17.2 Å². The van der Waals surface area contributed by atoms with E-state index >= 15 is 0 Å². The molecule has 1 N–H and O–H groups in total. The summed E-state index contributed by atoms with van der Waals surface area (Å²) < 4.78 is 59.3. The average Bonchev–Trinajstić information content (AvgIpc) is 2.65. The number of amides is 1. The van der Waals surface area contributed by atoms with Gasteiger partial charge >= 0.3 is 0 Å². The first-order chi connectivity index (χ1) is 12.8. The van der Waals surface area contributed by atoms with E-state index in [9.17, 15) is 22.0 Å². The van der Waals surface area contributed by atoms with Gasteiger partial charge in [0.25, 0.3) is 5.91 Å². The standard InChI is InChI=1S/C18H18F2N2O4S/c1-12-2-3-13(19)10-17(12)21-18(23)15-11-14(4-5-16(15)20)27(24,25)22-6-8-26-9-7-22/h2-5,10-11H,6-9H2,1H3,(H,21,23). The second kappa shape index (κ2) is 7.71. The number of aryl methyl sites for hydroxylation is 1. The van der Waals surface area contributed by atoms with Crippen molar-refractivity contribution in [1.29, 1.82) is 0 Å². The number of hydrogen-bond acceptors (Lipinski definition) is 4. The zero-order chi connectivity index (χ0) is 19.6. The number of ether oxygens (including phenoxy) is 1. The van der Waals surface area contributed by atoms with Crippen molar-refractivity contribution in [3.05, 3.63) is 59.2 Å². The van der Waals surface area contributed by atoms with Crippen LogP contribution in [-0.2, 0) is 14.8 Å². The Morgan fingerprint density at radius 1 is 1.11 bits per heavy atom. The van der Waals surface area contributed by atoms with Gasteiger partial charge in [-0.15, -0.1) is 0 Å². The van der Waals surface area contributed by atoms with E-state index in [0.717, 1.165) is 24.3 Å². The number of anilines is 1. The first-order valence-corrected chi connectivity index (χ1v) is 9.68. The Morgan fingerprint density at radius 2 is 1.81 bits per heavy atom. The van der Waals surface area contributed by atoms with Crippen molar-refractivity contribution in [3.8, 4) is 0 Å². The lowest BCUT2D eigenvalue weighted by Crippen LogP contribution is -2.40. The number of carbonyl (C=O) groups is 1. The molecule has 2 aromatic rings. The van der Waals surface area contributed by atoms with Crippen LogP contribution in [0.2, 0.25) is 0 Å². The lowest BCUT2D eigenvalue weighted by Gasteiger charge is -2.26. The van der Waals surface area contributed by atoms with Crippen LogP contribution in [0, 0.1) is 18.6 Å². The molecule has 6 nitrogen and oxygen atoms in total. The smallest absolute Gasteiger partial charge is 0.258 e. The molecular formula is C18H18F2N2O4S. The second-order valence-corrected chi connectivity index (χ2v) is 8.01. The summed E-state index contributed by atoms with van der Waals surface area (Å²) >= 11 is 0. The Labute approximate surface area is 155 Å². The maximum absolute atomic E-state index is 14.2. The number of rotatable bonds is 4. The minimum Gasteiger partial charge on any atom is -0.379 e. The minimum absolute atomic E-state index is 0.181. The summed E-state index contributed by atoms with van der Waals surface area (Å²) in [4.78, 5) is 12.3. The Kier molecular flexibility index (Phi) is 5.54. The highest BCUT2D eigenvalue weighted by atomic mass is 32.2. The first kappa shape index (κ1) is 19.4. The SMILES string of the molecule is Cc1ccc(F)cc1NC(=O)c1cc(S(=O)(=O)N2CCOCC2)ccc1F. The summed E-state index contributed by atoms with van der Waals surface area (Å²) in [6, 6.07) is 6.86. The molecule has 0 unspecified atom stereocenters. The number of nitrogens with zero attached hydrogens (tertiary/aromatic N) is 1. The third-order valence-electron chi connectivity index (χ3n) is 4.24. The normalized spacial score (nSPS) is 15.5. The van der Waals surface area contributed by atoms with Crippen LogP contribution in [0.1, 0.15) is 15.9 Å². The molecule has 1 amide bonds. The molecule has 1 aliphatic rings. The summed E-state index contributed by atoms with van der Waals surface area (Å²) in [5.74, 6) is -2.29. The zero-order valence-electron chi connectivity index (χ0n) is 14.5. The van der Waals surface area contributed by atoms with Crippen LogP contribution in [-0.4, -0.2) is 44.9 Å². The fourth-order valence-electron chi connectivity index (χ4n) is 2.69. The van der Waals surface area contributed by atoms with Gasteiger partial charge in [0.2, 0.25) is 10.0 Å². The third-order valence-corrected chi connectivity index (χ3v) is 6.13. The van der Waals surface area contributed by atoms with Gasteiger partial charge in [-0.05, 0) is 42.8 Å². The van der Waals surface area contributed by atoms with E-state index in [4.69, 9.17) is 4.74 Å². The van der Waals surface area contributed by atoms with Crippen molar-refractivity contribution < 1.29 is 26.7 Å². The zero-order valence-corrected chi connectivity index (χ0v) is 15.4. The number of morpholine rings is 1. The molecular weight excluding hydrogens is 378 g/mol. The van der Waals surface area contributed by atoms with Crippen LogP contribution < -0.4 is 5.32 Å². The Balaban J connectivity index is 1.91. The van der Waals surface area contributed by atoms with Crippen molar-refractivity contribution in [2.24, 2.45) is 0 Å². The summed E-state index contributed by atoms with van der Waals surface area (Å²) in [5.41, 5.74) is 0.330. The lowest BCUT2D eigenvalue weighted by molar-refractivity contribution is 0.0730. The van der Waals surface area contributed by atoms with E-state index in [2.05, 4.69) is 5.32 Å². The fraction of sp³-hybridized carbons (Fsp3) is 0.278. The van der Waals surface area contributed by atoms with Crippen LogP contribution in [0.25, 0.3) is 0 Å². The Bertz CT molecular complexity index is 973. The summed E-state index contributed by atoms with van der Waals surface area (Å²) in [7, 11) is -3.88. The van der Waals surface area contributed by atoms with Crippen molar-refractivity contribution in [1.82, 2.24) is 4.31 Å². The van der Waals surface area contributed by atoms with E-state index in [1.165, 1.54) is 16.4 Å². The van der Waals surface area contributed by atoms with Gasteiger partial charge in [-0.1, -0.05) is 6.07 Å². The van der Waals surface area contributed by atoms with Gasteiger partial charge in [0, 0.05) is 18.8 Å². The molecule has 0 bridgehead atoms. The molecule has 144 valence electrons. The second-order valence-electron chi connectivity index (χ2n) is 6.07. The van der Waals surface area contributed by atoms with Gasteiger partial charge in [0.1, 0.15) is 11.6 Å². The van der Waals surface area contributed by atoms with Crippen molar-refractivity contribution in [3.63, 3.8) is 0 Å². The Hall–Kier alpha value is -2.36. The highest BCUT2D eigenvalue weighted by Gasteiger charge is 2.28. The number of carbonyl (C=O) groups excluding carboxylic acids is 1. The Morgan fingerprint density at radius 3 is 2.52 bits per heavy atom. The van der Waals surface area contributed by atoms with Crippen LogP contribution in [0.15, 0.2) is 41.3 Å². The molecule has 1 saturated heterocycles. The molecule has 0 spiro atoms. The molecule has 0 atom stereocenters. The molecule has 0 aromatic heterocycles. The minimum atomic E-state index is -3.88. The molecule has 0 aliphatic carbocycles. The number of sulfonamides is 1. The molecule has 0 saturated carbocycles. The van der Waals surface area contributed by atoms with Crippen molar-refractivity contribution in [2.75, 3.05) is 31.6 Å². The molecule has 1 fully saturated rings. The third kappa shape index (κ3) is 4.15. The predicted octanol–water partition coefficient (Wildman–Crippen LogP) is 2.55. The van der Waals surface area contributed by atoms with Crippen molar-refractivity contribution in [2.45, 2.75) is 11.8 Å². The largest absolute Gasteiger partial charge is 0.379 e. The van der Waals surface area contributed by atoms with E-state index in [1.54, 1.807) is 6.92 Å². The maximum Gasteiger partial charge on any atom is 0.258 e. The van der Waals surface area contributed by atoms with E-state index in [0.29, 0.717) is 5.56 Å². The molecule has 0 radical (unpaired) electrons. The number of benzene rings is 2. The lowest BCUT2D eigenvalue weighted by atomic mass is 10.1. The van der Waals surface area contributed by atoms with E-state index in [1.807, 2.05) is 0 Å². The fourth-order valence-corrected chi connectivity index (χ4v) is 4.13. The van der Waals surface area contributed by atoms with E-state index in [-0.39, 0.29) is 36.9 Å². The summed E-state index contributed by atoms with van der Waals surface area (Å²) in [5, 5.41) is 2.42. The number of nitrogens with one attached hydrogen (secondary N) is 1. The van der Waals surface area contributed by atoms with Gasteiger partial charge < -0.3 is 10.1 Å². The van der Waals surface area contributed by atoms with Crippen LogP contribution >= 0.6 is 0 Å². The molecule has 1 heterocycles. The monoisotopic (exact) mass is 396 g/mol. The molecule has 27 heavy (non-hydrogen) atoms. The van der Waals surface area contributed by atoms with Crippen LogP contribution in [0.4, 0.5) is 14.5 Å². The highest BCUT2D eigenvalue weighted by Crippen LogP contribution is 2.22. The van der Waals surface area contributed by atoms with Crippen LogP contribution in [0.3, 0.4) is 0 Å². The summed E-state index contributed by atoms with van der Waals surface area (Å²) in [6.07, 6.45) is 0. The van der Waals surface area contributed by atoms with Crippen LogP contribution in [0.5, 0.6) is 0 Å². The van der Waals surface area contributed by atoms with Crippen molar-refractivity contribution >= 4 is 21.6 Å².